The first kappa shape index (κ1) is 16.0. The minimum atomic E-state index is -0.797. The summed E-state index contributed by atoms with van der Waals surface area (Å²) in [5, 5.41) is 8.73. The summed E-state index contributed by atoms with van der Waals surface area (Å²) < 4.78 is 0. The molecule has 0 amide bonds. The van der Waals surface area contributed by atoms with E-state index in [0.29, 0.717) is 12.8 Å². The Morgan fingerprint density at radius 3 is 2.31 bits per heavy atom. The molecule has 0 rings (SSSR count). The van der Waals surface area contributed by atoms with Crippen molar-refractivity contribution in [3.63, 3.8) is 0 Å². The van der Waals surface area contributed by atoms with Gasteiger partial charge in [0.2, 0.25) is 0 Å². The van der Waals surface area contributed by atoms with E-state index in [-0.39, 0.29) is 23.3 Å². The summed E-state index contributed by atoms with van der Waals surface area (Å²) in [6.45, 7) is 2.03. The molecule has 0 aromatic carbocycles. The molecule has 1 unspecified atom stereocenters. The normalized spacial score (nSPS) is 12.3. The van der Waals surface area contributed by atoms with Gasteiger partial charge in [-0.15, -0.1) is 23.2 Å². The Hall–Kier alpha value is 0.582. The first-order chi connectivity index (χ1) is 5.57. The zero-order valence-electron chi connectivity index (χ0n) is 7.50. The minimum absolute atomic E-state index is 0. The van der Waals surface area contributed by atoms with E-state index < -0.39 is 10.8 Å². The Balaban J connectivity index is 0. The average molecular weight is 265 g/mol. The molecule has 2 nitrogen and oxygen atoms in total. The quantitative estimate of drug-likeness (QED) is 0.749. The fourth-order valence-electron chi connectivity index (χ4n) is 1.01. The molecular weight excluding hydrogens is 251 g/mol. The van der Waals surface area contributed by atoms with Crippen LogP contribution in [0.2, 0.25) is 0 Å². The van der Waals surface area contributed by atoms with Crippen LogP contribution in [0, 0.1) is 5.92 Å². The van der Waals surface area contributed by atoms with E-state index in [4.69, 9.17) is 28.3 Å². The molecule has 1 atom stereocenters. The number of aliphatic carboxylic acids is 1. The van der Waals surface area contributed by atoms with E-state index in [1.165, 1.54) is 0 Å². The van der Waals surface area contributed by atoms with Gasteiger partial charge in [-0.25, -0.2) is 0 Å². The smallest absolute Gasteiger partial charge is 0.306 e. The summed E-state index contributed by atoms with van der Waals surface area (Å²) in [5.41, 5.74) is 0. The first-order valence-corrected chi connectivity index (χ1v) is 4.96. The molecular formula is C8H14Cl2CrO2. The zero-order valence-corrected chi connectivity index (χ0v) is 10.3. The van der Waals surface area contributed by atoms with E-state index in [1.807, 2.05) is 6.92 Å². The number of carbonyl (C=O) groups is 1. The Bertz CT molecular complexity index is 142. The molecule has 13 heavy (non-hydrogen) atoms. The summed E-state index contributed by atoms with van der Waals surface area (Å²) in [6.07, 6.45) is 2.93. The van der Waals surface area contributed by atoms with Crippen molar-refractivity contribution in [2.24, 2.45) is 5.92 Å². The number of rotatable bonds is 6. The SMILES string of the molecule is CCCCC(CC(Cl)Cl)C(=O)O.[Cr]. The predicted molar refractivity (Wildman–Crippen MR) is 50.8 cm³/mol. The van der Waals surface area contributed by atoms with Crippen LogP contribution in [0.15, 0.2) is 0 Å². The fourth-order valence-corrected chi connectivity index (χ4v) is 1.44. The van der Waals surface area contributed by atoms with Gasteiger partial charge in [-0.2, -0.15) is 0 Å². The zero-order chi connectivity index (χ0) is 9.56. The summed E-state index contributed by atoms with van der Waals surface area (Å²) in [7, 11) is 0. The van der Waals surface area contributed by atoms with Crippen molar-refractivity contribution in [1.29, 1.82) is 0 Å². The molecule has 1 N–H and O–H groups in total. The molecule has 0 aromatic rings. The summed E-state index contributed by atoms with van der Waals surface area (Å²) in [4.78, 5) is 10.1. The van der Waals surface area contributed by atoms with Gasteiger partial charge in [-0.1, -0.05) is 19.8 Å². The van der Waals surface area contributed by atoms with Gasteiger partial charge in [-0.05, 0) is 12.8 Å². The van der Waals surface area contributed by atoms with E-state index >= 15 is 0 Å². The molecule has 0 aliphatic rings. The second-order valence-electron chi connectivity index (χ2n) is 2.80. The van der Waals surface area contributed by atoms with Crippen LogP contribution in [0.5, 0.6) is 0 Å². The monoisotopic (exact) mass is 264 g/mol. The van der Waals surface area contributed by atoms with Crippen LogP contribution in [0.1, 0.15) is 32.6 Å². The van der Waals surface area contributed by atoms with Gasteiger partial charge >= 0.3 is 5.97 Å². The van der Waals surface area contributed by atoms with Gasteiger partial charge in [0.1, 0.15) is 4.84 Å². The maximum absolute atomic E-state index is 10.6. The van der Waals surface area contributed by atoms with Crippen molar-refractivity contribution < 1.29 is 27.3 Å². The number of carboxylic acids is 1. The van der Waals surface area contributed by atoms with E-state index in [2.05, 4.69) is 0 Å². The Morgan fingerprint density at radius 1 is 1.46 bits per heavy atom. The second-order valence-corrected chi connectivity index (χ2v) is 4.08. The number of carboxylic acid groups (broad SMARTS) is 1. The summed E-state index contributed by atoms with van der Waals surface area (Å²) in [6, 6.07) is 0. The Morgan fingerprint density at radius 2 is 2.00 bits per heavy atom. The molecule has 0 saturated heterocycles. The second kappa shape index (κ2) is 9.15. The molecule has 0 spiro atoms. The number of unbranched alkanes of at least 4 members (excludes halogenated alkanes) is 1. The number of hydrogen-bond acceptors (Lipinski definition) is 1. The van der Waals surface area contributed by atoms with Gasteiger partial charge in [0.25, 0.3) is 0 Å². The van der Waals surface area contributed by atoms with Crippen molar-refractivity contribution >= 4 is 29.2 Å². The number of alkyl halides is 2. The van der Waals surface area contributed by atoms with Gasteiger partial charge in [0.15, 0.2) is 0 Å². The van der Waals surface area contributed by atoms with Gasteiger partial charge < -0.3 is 5.11 Å². The number of halogens is 2. The predicted octanol–water partition coefficient (Wildman–Crippen LogP) is 3.07. The van der Waals surface area contributed by atoms with E-state index in [1.54, 1.807) is 0 Å². The fraction of sp³-hybridized carbons (Fsp3) is 0.875. The van der Waals surface area contributed by atoms with Gasteiger partial charge in [-0.3, -0.25) is 4.79 Å². The van der Waals surface area contributed by atoms with Gasteiger partial charge in [0.05, 0.1) is 5.92 Å². The van der Waals surface area contributed by atoms with Crippen molar-refractivity contribution in [2.45, 2.75) is 37.4 Å². The minimum Gasteiger partial charge on any atom is -0.481 e. The third-order valence-electron chi connectivity index (χ3n) is 1.72. The van der Waals surface area contributed by atoms with Crippen LogP contribution in [-0.4, -0.2) is 15.9 Å². The van der Waals surface area contributed by atoms with Crippen LogP contribution >= 0.6 is 23.2 Å². The van der Waals surface area contributed by atoms with Crippen LogP contribution in [0.4, 0.5) is 0 Å². The van der Waals surface area contributed by atoms with Crippen LogP contribution in [0.3, 0.4) is 0 Å². The third kappa shape index (κ3) is 8.90. The molecule has 0 aromatic heterocycles. The summed E-state index contributed by atoms with van der Waals surface area (Å²) >= 11 is 11.0. The molecule has 0 radical (unpaired) electrons. The molecule has 5 heteroatoms. The molecule has 78 valence electrons. The maximum atomic E-state index is 10.6. The van der Waals surface area contributed by atoms with Crippen molar-refractivity contribution in [3.05, 3.63) is 0 Å². The molecule has 0 fully saturated rings. The van der Waals surface area contributed by atoms with Crippen molar-refractivity contribution in [1.82, 2.24) is 0 Å². The number of hydrogen-bond donors (Lipinski definition) is 1. The Kier molecular flexibility index (Phi) is 11.3. The summed E-state index contributed by atoms with van der Waals surface area (Å²) in [5.74, 6) is -1.18. The van der Waals surface area contributed by atoms with Crippen LogP contribution < -0.4 is 0 Å². The van der Waals surface area contributed by atoms with Crippen LogP contribution in [0.25, 0.3) is 0 Å². The molecule has 0 heterocycles. The maximum Gasteiger partial charge on any atom is 0.306 e. The van der Waals surface area contributed by atoms with Crippen molar-refractivity contribution in [3.8, 4) is 0 Å². The van der Waals surface area contributed by atoms with E-state index in [0.717, 1.165) is 12.8 Å². The average Bonchev–Trinajstić information content (AvgIpc) is 1.96. The molecule has 0 aliphatic heterocycles. The standard InChI is InChI=1S/C8H14Cl2O2.Cr/c1-2-3-4-6(8(11)12)5-7(9)10;/h6-7H,2-5H2,1H3,(H,11,12);. The van der Waals surface area contributed by atoms with Gasteiger partial charge in [0, 0.05) is 17.4 Å². The van der Waals surface area contributed by atoms with Crippen molar-refractivity contribution in [2.75, 3.05) is 0 Å². The third-order valence-corrected chi connectivity index (χ3v) is 2.07. The van der Waals surface area contributed by atoms with E-state index in [9.17, 15) is 4.79 Å². The Labute approximate surface area is 99.7 Å². The molecule has 0 bridgehead atoms. The van der Waals surface area contributed by atoms with Crippen LogP contribution in [-0.2, 0) is 22.2 Å². The molecule has 0 saturated carbocycles. The topological polar surface area (TPSA) is 37.3 Å². The molecule has 0 aliphatic carbocycles. The largest absolute Gasteiger partial charge is 0.481 e. The first-order valence-electron chi connectivity index (χ1n) is 4.08.